The van der Waals surface area contributed by atoms with E-state index in [0.717, 1.165) is 51.5 Å². The molecule has 1 heterocycles. The third kappa shape index (κ3) is 4.27. The first kappa shape index (κ1) is 19.9. The first-order chi connectivity index (χ1) is 14.7. The molecule has 0 aliphatic heterocycles. The van der Waals surface area contributed by atoms with E-state index >= 15 is 0 Å². The van der Waals surface area contributed by atoms with E-state index in [2.05, 4.69) is 10.6 Å². The third-order valence-corrected chi connectivity index (χ3v) is 5.27. The molecule has 0 radical (unpaired) electrons. The van der Waals surface area contributed by atoms with E-state index in [9.17, 15) is 4.79 Å². The van der Waals surface area contributed by atoms with Crippen LogP contribution in [-0.4, -0.2) is 20.7 Å². The molecule has 1 amide bonds. The number of carbonyl (C=O) groups is 1. The predicted molar refractivity (Wildman–Crippen MR) is 119 cm³/mol. The summed E-state index contributed by atoms with van der Waals surface area (Å²) < 4.78 is 2.20. The maximum Gasteiger partial charge on any atom is 0.267 e. The van der Waals surface area contributed by atoms with E-state index in [-0.39, 0.29) is 0 Å². The molecule has 5 nitrogen and oxygen atoms in total. The summed E-state index contributed by atoms with van der Waals surface area (Å²) in [6.07, 6.45) is 3.70. The Labute approximate surface area is 179 Å². The molecule has 6 heteroatoms. The summed E-state index contributed by atoms with van der Waals surface area (Å²) in [6, 6.07) is 23.7. The SMILES string of the molecule is O=C(C=Cc1cccc(-c2nc3ccccc3n2CCc2ccccc2Cl)c1)NO. The lowest BCUT2D eigenvalue weighted by atomic mass is 10.1. The van der Waals surface area contributed by atoms with Crippen molar-refractivity contribution in [3.8, 4) is 11.4 Å². The van der Waals surface area contributed by atoms with Crippen molar-refractivity contribution >= 4 is 34.6 Å². The number of benzene rings is 3. The highest BCUT2D eigenvalue weighted by Gasteiger charge is 2.13. The number of rotatable bonds is 6. The van der Waals surface area contributed by atoms with Crippen molar-refractivity contribution in [3.63, 3.8) is 0 Å². The summed E-state index contributed by atoms with van der Waals surface area (Å²) in [4.78, 5) is 16.1. The fourth-order valence-electron chi connectivity index (χ4n) is 3.45. The number of nitrogens with one attached hydrogen (secondary N) is 1. The molecule has 3 aromatic carbocycles. The minimum absolute atomic E-state index is 0.576. The molecule has 150 valence electrons. The number of carbonyl (C=O) groups excluding carboxylic acids is 1. The third-order valence-electron chi connectivity index (χ3n) is 4.90. The van der Waals surface area contributed by atoms with Crippen molar-refractivity contribution in [2.24, 2.45) is 0 Å². The highest BCUT2D eigenvalue weighted by atomic mass is 35.5. The smallest absolute Gasteiger partial charge is 0.267 e. The summed E-state index contributed by atoms with van der Waals surface area (Å²) in [7, 11) is 0. The lowest BCUT2D eigenvalue weighted by Crippen LogP contribution is -2.14. The van der Waals surface area contributed by atoms with Gasteiger partial charge in [-0.15, -0.1) is 0 Å². The second kappa shape index (κ2) is 8.95. The molecular formula is C24H20ClN3O2. The van der Waals surface area contributed by atoms with Gasteiger partial charge in [-0.1, -0.05) is 60.1 Å². The van der Waals surface area contributed by atoms with Crippen LogP contribution in [0.4, 0.5) is 0 Å². The van der Waals surface area contributed by atoms with Gasteiger partial charge in [-0.2, -0.15) is 0 Å². The normalized spacial score (nSPS) is 11.3. The van der Waals surface area contributed by atoms with Crippen LogP contribution in [0.2, 0.25) is 5.02 Å². The monoisotopic (exact) mass is 417 g/mol. The largest absolute Gasteiger partial charge is 0.324 e. The number of fused-ring (bicyclic) bond motifs is 1. The Balaban J connectivity index is 1.72. The molecule has 0 aliphatic rings. The van der Waals surface area contributed by atoms with Gasteiger partial charge in [0.05, 0.1) is 11.0 Å². The van der Waals surface area contributed by atoms with Crippen LogP contribution in [0.5, 0.6) is 0 Å². The molecule has 0 atom stereocenters. The Kier molecular flexibility index (Phi) is 5.93. The number of hydrogen-bond donors (Lipinski definition) is 2. The minimum atomic E-state index is -0.576. The van der Waals surface area contributed by atoms with E-state index in [1.54, 1.807) is 11.6 Å². The fraction of sp³-hybridized carbons (Fsp3) is 0.0833. The molecule has 0 saturated heterocycles. The zero-order chi connectivity index (χ0) is 20.9. The van der Waals surface area contributed by atoms with Crippen molar-refractivity contribution in [3.05, 3.63) is 95.0 Å². The van der Waals surface area contributed by atoms with Gasteiger partial charge < -0.3 is 4.57 Å². The number of para-hydroxylation sites is 2. The first-order valence-corrected chi connectivity index (χ1v) is 9.95. The summed E-state index contributed by atoms with van der Waals surface area (Å²) in [6.45, 7) is 0.729. The van der Waals surface area contributed by atoms with Gasteiger partial charge in [0.1, 0.15) is 5.82 Å². The van der Waals surface area contributed by atoms with Crippen LogP contribution in [0.25, 0.3) is 28.5 Å². The van der Waals surface area contributed by atoms with Gasteiger partial charge >= 0.3 is 0 Å². The van der Waals surface area contributed by atoms with E-state index in [1.165, 1.54) is 6.08 Å². The maximum atomic E-state index is 11.3. The minimum Gasteiger partial charge on any atom is -0.324 e. The lowest BCUT2D eigenvalue weighted by molar-refractivity contribution is -0.124. The van der Waals surface area contributed by atoms with Gasteiger partial charge in [0, 0.05) is 23.2 Å². The van der Waals surface area contributed by atoms with Crippen LogP contribution >= 0.6 is 11.6 Å². The van der Waals surface area contributed by atoms with Gasteiger partial charge in [-0.25, -0.2) is 10.5 Å². The van der Waals surface area contributed by atoms with Crippen molar-refractivity contribution in [1.29, 1.82) is 0 Å². The number of imidazole rings is 1. The van der Waals surface area contributed by atoms with Crippen molar-refractivity contribution in [1.82, 2.24) is 15.0 Å². The van der Waals surface area contributed by atoms with Crippen LogP contribution in [0.15, 0.2) is 78.9 Å². The first-order valence-electron chi connectivity index (χ1n) is 9.57. The van der Waals surface area contributed by atoms with Gasteiger partial charge in [0.15, 0.2) is 0 Å². The number of hydrogen-bond acceptors (Lipinski definition) is 3. The zero-order valence-electron chi connectivity index (χ0n) is 16.1. The Bertz CT molecular complexity index is 1230. The number of amides is 1. The molecule has 4 rings (SSSR count). The molecule has 0 aliphatic carbocycles. The van der Waals surface area contributed by atoms with Crippen LogP contribution in [0, 0.1) is 0 Å². The molecule has 30 heavy (non-hydrogen) atoms. The Morgan fingerprint density at radius 2 is 1.87 bits per heavy atom. The van der Waals surface area contributed by atoms with Crippen LogP contribution in [-0.2, 0) is 17.8 Å². The Hall–Kier alpha value is -3.41. The van der Waals surface area contributed by atoms with Crippen LogP contribution in [0.3, 0.4) is 0 Å². The second-order valence-electron chi connectivity index (χ2n) is 6.85. The van der Waals surface area contributed by atoms with E-state index in [4.69, 9.17) is 21.8 Å². The molecule has 2 N–H and O–H groups in total. The molecule has 4 aromatic rings. The summed E-state index contributed by atoms with van der Waals surface area (Å²) in [5.74, 6) is 0.275. The molecule has 0 bridgehead atoms. The molecular weight excluding hydrogens is 398 g/mol. The predicted octanol–water partition coefficient (Wildman–Crippen LogP) is 5.12. The summed E-state index contributed by atoms with van der Waals surface area (Å²) in [5.41, 5.74) is 6.44. The standard InChI is InChI=1S/C24H20ClN3O2/c25-20-9-2-1-7-18(20)14-15-28-22-11-4-3-10-21(22)26-24(28)19-8-5-6-17(16-19)12-13-23(29)27-30/h1-13,16,30H,14-15H2,(H,27,29). The Morgan fingerprint density at radius 1 is 1.07 bits per heavy atom. The topological polar surface area (TPSA) is 67.2 Å². The number of nitrogens with zero attached hydrogens (tertiary/aromatic N) is 2. The average Bonchev–Trinajstić information content (AvgIpc) is 3.16. The van der Waals surface area contributed by atoms with Crippen LogP contribution in [0.1, 0.15) is 11.1 Å². The highest BCUT2D eigenvalue weighted by Crippen LogP contribution is 2.27. The molecule has 0 spiro atoms. The van der Waals surface area contributed by atoms with E-state index in [0.29, 0.717) is 0 Å². The summed E-state index contributed by atoms with van der Waals surface area (Å²) >= 11 is 6.35. The van der Waals surface area contributed by atoms with Gasteiger partial charge in [-0.3, -0.25) is 10.0 Å². The number of hydroxylamine groups is 1. The number of halogens is 1. The van der Waals surface area contributed by atoms with E-state index in [1.807, 2.05) is 66.7 Å². The maximum absolute atomic E-state index is 11.3. The average molecular weight is 418 g/mol. The molecule has 0 saturated carbocycles. The second-order valence-corrected chi connectivity index (χ2v) is 7.26. The van der Waals surface area contributed by atoms with Gasteiger partial charge in [0.2, 0.25) is 0 Å². The van der Waals surface area contributed by atoms with Gasteiger partial charge in [0.25, 0.3) is 5.91 Å². The lowest BCUT2D eigenvalue weighted by Gasteiger charge is -2.11. The number of aromatic nitrogens is 2. The van der Waals surface area contributed by atoms with Gasteiger partial charge in [-0.05, 0) is 47.9 Å². The van der Waals surface area contributed by atoms with E-state index < -0.39 is 5.91 Å². The summed E-state index contributed by atoms with van der Waals surface area (Å²) in [5, 5.41) is 9.42. The fourth-order valence-corrected chi connectivity index (χ4v) is 3.68. The van der Waals surface area contributed by atoms with Crippen molar-refractivity contribution in [2.75, 3.05) is 0 Å². The van der Waals surface area contributed by atoms with Crippen molar-refractivity contribution in [2.45, 2.75) is 13.0 Å². The quantitative estimate of drug-likeness (QED) is 0.260. The molecule has 0 fully saturated rings. The van der Waals surface area contributed by atoms with Crippen LogP contribution < -0.4 is 5.48 Å². The molecule has 0 unspecified atom stereocenters. The number of aryl methyl sites for hydroxylation is 2. The Morgan fingerprint density at radius 3 is 2.70 bits per heavy atom. The van der Waals surface area contributed by atoms with Crippen molar-refractivity contribution < 1.29 is 10.0 Å². The zero-order valence-corrected chi connectivity index (χ0v) is 16.9. The molecule has 1 aromatic heterocycles. The highest BCUT2D eigenvalue weighted by molar-refractivity contribution is 6.31.